The van der Waals surface area contributed by atoms with Gasteiger partial charge in [0.05, 0.1) is 35.3 Å². The fraction of sp³-hybridized carbons (Fsp3) is 0.500. The van der Waals surface area contributed by atoms with Crippen molar-refractivity contribution in [1.82, 2.24) is 4.90 Å². The third kappa shape index (κ3) is 4.33. The molecule has 132 valence electrons. The van der Waals surface area contributed by atoms with Crippen LogP contribution in [0.3, 0.4) is 0 Å². The Kier molecular flexibility index (Phi) is 5.95. The van der Waals surface area contributed by atoms with E-state index < -0.39 is 27.8 Å². The van der Waals surface area contributed by atoms with Crippen LogP contribution in [0.5, 0.6) is 0 Å². The predicted octanol–water partition coefficient (Wildman–Crippen LogP) is 1.19. The molecule has 1 aromatic carbocycles. The zero-order chi connectivity index (χ0) is 17.7. The summed E-state index contributed by atoms with van der Waals surface area (Å²) in [6.07, 6.45) is -0.317. The van der Waals surface area contributed by atoms with E-state index in [1.165, 1.54) is 17.0 Å². The van der Waals surface area contributed by atoms with Crippen LogP contribution in [0.15, 0.2) is 29.2 Å². The highest BCUT2D eigenvalue weighted by molar-refractivity contribution is 7.91. The summed E-state index contributed by atoms with van der Waals surface area (Å²) < 4.78 is 30.1. The summed E-state index contributed by atoms with van der Waals surface area (Å²) in [5.74, 6) is -1.44. The maximum atomic E-state index is 12.8. The number of nitrogens with zero attached hydrogens (tertiary/aromatic N) is 1. The van der Waals surface area contributed by atoms with Crippen LogP contribution in [-0.2, 0) is 19.4 Å². The molecule has 1 heterocycles. The molecule has 1 N–H and O–H groups in total. The molecule has 1 aromatic rings. The number of benzene rings is 1. The van der Waals surface area contributed by atoms with Gasteiger partial charge in [-0.15, -0.1) is 0 Å². The molecule has 8 heteroatoms. The third-order valence-electron chi connectivity index (χ3n) is 3.75. The molecule has 1 atom stereocenters. The second-order valence-corrected chi connectivity index (χ2v) is 7.73. The molecule has 1 fully saturated rings. The molecule has 1 aliphatic rings. The molecule has 2 rings (SSSR count). The van der Waals surface area contributed by atoms with E-state index in [-0.39, 0.29) is 35.8 Å². The van der Waals surface area contributed by atoms with Crippen LogP contribution in [0.1, 0.15) is 30.1 Å². The van der Waals surface area contributed by atoms with Gasteiger partial charge in [0.15, 0.2) is 9.84 Å². The monoisotopic (exact) mass is 355 g/mol. The number of hydrogen-bond donors (Lipinski definition) is 1. The van der Waals surface area contributed by atoms with E-state index in [0.717, 1.165) is 0 Å². The van der Waals surface area contributed by atoms with Crippen LogP contribution >= 0.6 is 0 Å². The lowest BCUT2D eigenvalue weighted by molar-refractivity contribution is -0.141. The summed E-state index contributed by atoms with van der Waals surface area (Å²) in [4.78, 5) is 25.1. The first-order valence-electron chi connectivity index (χ1n) is 7.79. The van der Waals surface area contributed by atoms with E-state index >= 15 is 0 Å². The highest BCUT2D eigenvalue weighted by Gasteiger charge is 2.29. The summed E-state index contributed by atoms with van der Waals surface area (Å²) in [7, 11) is -3.53. The molecule has 0 aromatic heterocycles. The number of amides is 1. The van der Waals surface area contributed by atoms with Crippen molar-refractivity contribution in [1.29, 1.82) is 0 Å². The van der Waals surface area contributed by atoms with Gasteiger partial charge in [-0.2, -0.15) is 0 Å². The molecular weight excluding hydrogens is 334 g/mol. The Balaban J connectivity index is 2.25. The topological polar surface area (TPSA) is 101 Å². The highest BCUT2D eigenvalue weighted by Crippen LogP contribution is 2.21. The standard InChI is InChI=1S/C16H21NO6S/c1-2-9-24(21,22)14-6-4-3-5-13(14)16(20)17-7-8-23-12(11-17)10-15(18)19/h3-6,12H,2,7-11H2,1H3,(H,18,19). The molecule has 0 spiro atoms. The number of sulfone groups is 1. The largest absolute Gasteiger partial charge is 0.481 e. The summed E-state index contributed by atoms with van der Waals surface area (Å²) in [5.41, 5.74) is 0.127. The van der Waals surface area contributed by atoms with Gasteiger partial charge in [0.25, 0.3) is 5.91 Å². The first-order chi connectivity index (χ1) is 11.3. The van der Waals surface area contributed by atoms with Gasteiger partial charge in [-0.1, -0.05) is 19.1 Å². The number of morpholine rings is 1. The summed E-state index contributed by atoms with van der Waals surface area (Å²) in [6, 6.07) is 6.14. The van der Waals surface area contributed by atoms with E-state index in [0.29, 0.717) is 13.0 Å². The lowest BCUT2D eigenvalue weighted by atomic mass is 10.1. The molecule has 1 unspecified atom stereocenters. The van der Waals surface area contributed by atoms with Crippen molar-refractivity contribution < 1.29 is 27.9 Å². The van der Waals surface area contributed by atoms with E-state index in [9.17, 15) is 18.0 Å². The van der Waals surface area contributed by atoms with Crippen molar-refractivity contribution in [3.63, 3.8) is 0 Å². The summed E-state index contributed by atoms with van der Waals surface area (Å²) >= 11 is 0. The van der Waals surface area contributed by atoms with Crippen LogP contribution in [0.25, 0.3) is 0 Å². The smallest absolute Gasteiger partial charge is 0.306 e. The number of hydrogen-bond acceptors (Lipinski definition) is 5. The molecule has 0 radical (unpaired) electrons. The number of carboxylic acids is 1. The zero-order valence-electron chi connectivity index (χ0n) is 13.5. The number of carbonyl (C=O) groups is 2. The molecule has 1 saturated heterocycles. The van der Waals surface area contributed by atoms with Gasteiger partial charge in [-0.05, 0) is 18.6 Å². The van der Waals surface area contributed by atoms with Crippen LogP contribution in [0, 0.1) is 0 Å². The Labute approximate surface area is 141 Å². The minimum Gasteiger partial charge on any atom is -0.481 e. The molecule has 0 aliphatic carbocycles. The van der Waals surface area contributed by atoms with Crippen LogP contribution in [0.4, 0.5) is 0 Å². The highest BCUT2D eigenvalue weighted by atomic mass is 32.2. The van der Waals surface area contributed by atoms with Gasteiger partial charge in [0.2, 0.25) is 0 Å². The second kappa shape index (κ2) is 7.76. The van der Waals surface area contributed by atoms with Crippen molar-refractivity contribution in [2.75, 3.05) is 25.4 Å². The number of aliphatic carboxylic acids is 1. The third-order valence-corrected chi connectivity index (χ3v) is 5.73. The lowest BCUT2D eigenvalue weighted by Crippen LogP contribution is -2.46. The van der Waals surface area contributed by atoms with Crippen LogP contribution < -0.4 is 0 Å². The molecule has 0 saturated carbocycles. The van der Waals surface area contributed by atoms with Crippen molar-refractivity contribution in [3.05, 3.63) is 29.8 Å². The Hall–Kier alpha value is -1.93. The van der Waals surface area contributed by atoms with Gasteiger partial charge in [-0.25, -0.2) is 8.42 Å². The van der Waals surface area contributed by atoms with E-state index in [4.69, 9.17) is 9.84 Å². The van der Waals surface area contributed by atoms with Gasteiger partial charge in [0.1, 0.15) is 0 Å². The van der Waals surface area contributed by atoms with Crippen LogP contribution in [-0.4, -0.2) is 61.9 Å². The molecular formula is C16H21NO6S. The number of rotatable bonds is 6. The molecule has 1 amide bonds. The lowest BCUT2D eigenvalue weighted by Gasteiger charge is -2.32. The van der Waals surface area contributed by atoms with E-state index in [1.54, 1.807) is 19.1 Å². The average molecular weight is 355 g/mol. The van der Waals surface area contributed by atoms with Crippen LogP contribution in [0.2, 0.25) is 0 Å². The molecule has 1 aliphatic heterocycles. The van der Waals surface area contributed by atoms with Crippen molar-refractivity contribution in [2.45, 2.75) is 30.8 Å². The minimum atomic E-state index is -3.53. The van der Waals surface area contributed by atoms with Gasteiger partial charge in [0, 0.05) is 13.1 Å². The molecule has 24 heavy (non-hydrogen) atoms. The number of carboxylic acid groups (broad SMARTS) is 1. The summed E-state index contributed by atoms with van der Waals surface area (Å²) in [6.45, 7) is 2.43. The SMILES string of the molecule is CCCS(=O)(=O)c1ccccc1C(=O)N1CCOC(CC(=O)O)C1. The fourth-order valence-corrected chi connectivity index (χ4v) is 4.22. The molecule has 7 nitrogen and oxygen atoms in total. The number of ether oxygens (including phenoxy) is 1. The van der Waals surface area contributed by atoms with Crippen molar-refractivity contribution >= 4 is 21.7 Å². The average Bonchev–Trinajstić information content (AvgIpc) is 2.54. The Morgan fingerprint density at radius 1 is 1.33 bits per heavy atom. The van der Waals surface area contributed by atoms with Crippen molar-refractivity contribution in [3.8, 4) is 0 Å². The van der Waals surface area contributed by atoms with E-state index in [1.807, 2.05) is 0 Å². The van der Waals surface area contributed by atoms with Gasteiger partial charge < -0.3 is 14.7 Å². The Morgan fingerprint density at radius 3 is 2.71 bits per heavy atom. The Morgan fingerprint density at radius 2 is 2.04 bits per heavy atom. The number of carbonyl (C=O) groups excluding carboxylic acids is 1. The first-order valence-corrected chi connectivity index (χ1v) is 9.45. The second-order valence-electron chi connectivity index (χ2n) is 5.66. The fourth-order valence-electron chi connectivity index (χ4n) is 2.69. The minimum absolute atomic E-state index is 0.0258. The first kappa shape index (κ1) is 18.4. The maximum absolute atomic E-state index is 12.8. The Bertz CT molecular complexity index is 715. The van der Waals surface area contributed by atoms with Crippen molar-refractivity contribution in [2.24, 2.45) is 0 Å². The summed E-state index contributed by atoms with van der Waals surface area (Å²) in [5, 5.41) is 8.85. The maximum Gasteiger partial charge on any atom is 0.306 e. The molecule has 0 bridgehead atoms. The quantitative estimate of drug-likeness (QED) is 0.822. The normalized spacial score (nSPS) is 18.4. The van der Waals surface area contributed by atoms with Gasteiger partial charge in [-0.3, -0.25) is 9.59 Å². The zero-order valence-corrected chi connectivity index (χ0v) is 14.3. The van der Waals surface area contributed by atoms with Gasteiger partial charge >= 0.3 is 5.97 Å². The van der Waals surface area contributed by atoms with E-state index in [2.05, 4.69) is 0 Å². The predicted molar refractivity (Wildman–Crippen MR) is 86.7 cm³/mol.